The van der Waals surface area contributed by atoms with E-state index in [1.165, 1.54) is 21.8 Å². The van der Waals surface area contributed by atoms with Crippen LogP contribution in [0.1, 0.15) is 12.5 Å². The molecule has 1 aromatic heterocycles. The van der Waals surface area contributed by atoms with Crippen molar-refractivity contribution in [1.82, 2.24) is 9.99 Å². The number of hydrogen-bond donors (Lipinski definition) is 1. The van der Waals surface area contributed by atoms with Gasteiger partial charge in [-0.2, -0.15) is 5.10 Å². The van der Waals surface area contributed by atoms with Gasteiger partial charge >= 0.3 is 0 Å². The van der Waals surface area contributed by atoms with Crippen LogP contribution in [0.4, 0.5) is 0 Å². The highest BCUT2D eigenvalue weighted by Crippen LogP contribution is 2.29. The fourth-order valence-electron chi connectivity index (χ4n) is 2.63. The molecule has 0 bridgehead atoms. The molecular weight excluding hydrogens is 234 g/mol. The van der Waals surface area contributed by atoms with Crippen LogP contribution in [0.2, 0.25) is 0 Å². The average Bonchev–Trinajstić information content (AvgIpc) is 2.78. The first-order chi connectivity index (χ1) is 9.35. The van der Waals surface area contributed by atoms with Gasteiger partial charge in [-0.15, -0.1) is 0 Å². The fraction of sp³-hybridized carbons (Fsp3) is 0.188. The van der Waals surface area contributed by atoms with Gasteiger partial charge in [0.15, 0.2) is 0 Å². The Labute approximate surface area is 112 Å². The Morgan fingerprint density at radius 1 is 1.11 bits per heavy atom. The number of nitrogens with one attached hydrogen (secondary N) is 1. The van der Waals surface area contributed by atoms with Crippen LogP contribution in [-0.2, 0) is 6.54 Å². The van der Waals surface area contributed by atoms with Crippen molar-refractivity contribution in [1.29, 1.82) is 0 Å². The molecule has 0 atom stereocenters. The topological polar surface area (TPSA) is 29.3 Å². The predicted molar refractivity (Wildman–Crippen MR) is 81.8 cm³/mol. The molecule has 3 heteroatoms. The lowest BCUT2D eigenvalue weighted by Gasteiger charge is -2.02. The quantitative estimate of drug-likeness (QED) is 0.561. The lowest BCUT2D eigenvalue weighted by molar-refractivity contribution is 0.827. The largest absolute Gasteiger partial charge is 0.341 e. The van der Waals surface area contributed by atoms with Crippen molar-refractivity contribution in [2.24, 2.45) is 5.10 Å². The molecule has 0 spiro atoms. The number of nitrogens with zero attached hydrogens (tertiary/aromatic N) is 2. The Bertz CT molecular complexity index is 753. The third-order valence-electron chi connectivity index (χ3n) is 3.46. The maximum absolute atomic E-state index is 4.07. The number of hydrogen-bond acceptors (Lipinski definition) is 2. The molecule has 0 amide bonds. The SMILES string of the molecule is CCn1c2ccccc2c2cc(C=NNC)ccc21. The van der Waals surface area contributed by atoms with Gasteiger partial charge in [-0.3, -0.25) is 0 Å². The van der Waals surface area contributed by atoms with Crippen LogP contribution in [0.25, 0.3) is 21.8 Å². The number of aromatic nitrogens is 1. The summed E-state index contributed by atoms with van der Waals surface area (Å²) in [6.07, 6.45) is 1.84. The minimum Gasteiger partial charge on any atom is -0.341 e. The number of aryl methyl sites for hydroxylation is 1. The molecule has 0 saturated heterocycles. The Hall–Kier alpha value is -2.29. The van der Waals surface area contributed by atoms with E-state index in [2.05, 4.69) is 64.5 Å². The first-order valence-electron chi connectivity index (χ1n) is 6.56. The zero-order valence-electron chi connectivity index (χ0n) is 11.2. The van der Waals surface area contributed by atoms with E-state index in [4.69, 9.17) is 0 Å². The first kappa shape index (κ1) is 11.8. The standard InChI is InChI=1S/C16H17N3/c1-3-19-15-7-5-4-6-13(15)14-10-12(11-18-17-2)8-9-16(14)19/h4-11,17H,3H2,1-2H3. The second-order valence-electron chi connectivity index (χ2n) is 4.52. The van der Waals surface area contributed by atoms with E-state index in [1.807, 2.05) is 6.21 Å². The molecule has 0 aliphatic heterocycles. The van der Waals surface area contributed by atoms with Crippen molar-refractivity contribution in [3.8, 4) is 0 Å². The van der Waals surface area contributed by atoms with Crippen LogP contribution in [0.5, 0.6) is 0 Å². The van der Waals surface area contributed by atoms with E-state index >= 15 is 0 Å². The van der Waals surface area contributed by atoms with Crippen molar-refractivity contribution in [3.05, 3.63) is 48.0 Å². The van der Waals surface area contributed by atoms with E-state index in [0.717, 1.165) is 12.1 Å². The lowest BCUT2D eigenvalue weighted by Crippen LogP contribution is -1.95. The highest BCUT2D eigenvalue weighted by Gasteiger charge is 2.08. The summed E-state index contributed by atoms with van der Waals surface area (Å²) in [6, 6.07) is 15.0. The van der Waals surface area contributed by atoms with Crippen LogP contribution < -0.4 is 5.43 Å². The van der Waals surface area contributed by atoms with Gasteiger partial charge in [0.2, 0.25) is 0 Å². The van der Waals surface area contributed by atoms with Gasteiger partial charge < -0.3 is 9.99 Å². The third-order valence-corrected chi connectivity index (χ3v) is 3.46. The van der Waals surface area contributed by atoms with Crippen LogP contribution in [0, 0.1) is 0 Å². The molecule has 3 nitrogen and oxygen atoms in total. The minimum absolute atomic E-state index is 0.980. The summed E-state index contributed by atoms with van der Waals surface area (Å²) in [5.74, 6) is 0. The predicted octanol–water partition coefficient (Wildman–Crippen LogP) is 3.37. The molecule has 3 aromatic rings. The number of hydrazone groups is 1. The molecule has 0 aliphatic rings. The summed E-state index contributed by atoms with van der Waals surface area (Å²) in [6.45, 7) is 3.16. The zero-order valence-corrected chi connectivity index (χ0v) is 11.2. The number of para-hydroxylation sites is 1. The van der Waals surface area contributed by atoms with Crippen molar-refractivity contribution in [3.63, 3.8) is 0 Å². The van der Waals surface area contributed by atoms with E-state index in [9.17, 15) is 0 Å². The summed E-state index contributed by atoms with van der Waals surface area (Å²) < 4.78 is 2.35. The molecule has 0 radical (unpaired) electrons. The Morgan fingerprint density at radius 3 is 2.68 bits per heavy atom. The summed E-state index contributed by atoms with van der Waals surface area (Å²) in [4.78, 5) is 0. The van der Waals surface area contributed by atoms with Crippen molar-refractivity contribution in [2.75, 3.05) is 7.05 Å². The van der Waals surface area contributed by atoms with Gasteiger partial charge in [0, 0.05) is 35.4 Å². The number of benzene rings is 2. The van der Waals surface area contributed by atoms with Gasteiger partial charge in [0.25, 0.3) is 0 Å². The normalized spacial score (nSPS) is 11.7. The monoisotopic (exact) mass is 251 g/mol. The Balaban J connectivity index is 2.33. The van der Waals surface area contributed by atoms with Gasteiger partial charge in [-0.05, 0) is 30.7 Å². The van der Waals surface area contributed by atoms with Crippen molar-refractivity contribution < 1.29 is 0 Å². The number of fused-ring (bicyclic) bond motifs is 3. The molecule has 0 saturated carbocycles. The van der Waals surface area contributed by atoms with Crippen LogP contribution in [0.3, 0.4) is 0 Å². The summed E-state index contributed by atoms with van der Waals surface area (Å²) >= 11 is 0. The second-order valence-corrected chi connectivity index (χ2v) is 4.52. The van der Waals surface area contributed by atoms with Crippen LogP contribution in [-0.4, -0.2) is 17.8 Å². The van der Waals surface area contributed by atoms with Gasteiger partial charge in [-0.1, -0.05) is 24.3 Å². The van der Waals surface area contributed by atoms with Gasteiger partial charge in [0.05, 0.1) is 6.21 Å². The third kappa shape index (κ3) is 1.87. The molecular formula is C16H17N3. The molecule has 2 aromatic carbocycles. The van der Waals surface area contributed by atoms with Gasteiger partial charge in [0.1, 0.15) is 0 Å². The number of rotatable bonds is 3. The molecule has 3 rings (SSSR count). The average molecular weight is 251 g/mol. The molecule has 1 N–H and O–H groups in total. The Morgan fingerprint density at radius 2 is 1.89 bits per heavy atom. The lowest BCUT2D eigenvalue weighted by atomic mass is 10.1. The molecule has 1 heterocycles. The maximum Gasteiger partial charge on any atom is 0.0540 e. The summed E-state index contributed by atoms with van der Waals surface area (Å²) in [7, 11) is 1.80. The molecule has 0 unspecified atom stereocenters. The van der Waals surface area contributed by atoms with E-state index in [-0.39, 0.29) is 0 Å². The molecule has 0 fully saturated rings. The van der Waals surface area contributed by atoms with Gasteiger partial charge in [-0.25, -0.2) is 0 Å². The minimum atomic E-state index is 0.980. The maximum atomic E-state index is 4.07. The highest BCUT2D eigenvalue weighted by molar-refractivity contribution is 6.09. The summed E-state index contributed by atoms with van der Waals surface area (Å²) in [5.41, 5.74) is 6.47. The smallest absolute Gasteiger partial charge is 0.0540 e. The molecule has 96 valence electrons. The van der Waals surface area contributed by atoms with E-state index < -0.39 is 0 Å². The van der Waals surface area contributed by atoms with Crippen LogP contribution in [0.15, 0.2) is 47.6 Å². The molecule has 19 heavy (non-hydrogen) atoms. The molecule has 0 aliphatic carbocycles. The van der Waals surface area contributed by atoms with E-state index in [1.54, 1.807) is 7.05 Å². The summed E-state index contributed by atoms with van der Waals surface area (Å²) in [5, 5.41) is 6.67. The zero-order chi connectivity index (χ0) is 13.2. The van der Waals surface area contributed by atoms with Crippen LogP contribution >= 0.6 is 0 Å². The Kier molecular flexibility index (Phi) is 2.95. The fourth-order valence-corrected chi connectivity index (χ4v) is 2.63. The highest BCUT2D eigenvalue weighted by atomic mass is 15.3. The second kappa shape index (κ2) is 4.76. The van der Waals surface area contributed by atoms with E-state index in [0.29, 0.717) is 0 Å². The van der Waals surface area contributed by atoms with Crippen molar-refractivity contribution >= 4 is 28.0 Å². The van der Waals surface area contributed by atoms with Crippen molar-refractivity contribution in [2.45, 2.75) is 13.5 Å². The first-order valence-corrected chi connectivity index (χ1v) is 6.56.